The van der Waals surface area contributed by atoms with Crippen LogP contribution >= 0.6 is 0 Å². The molecule has 0 radical (unpaired) electrons. The number of rotatable bonds is 4. The lowest BCUT2D eigenvalue weighted by Gasteiger charge is -2.24. The topological polar surface area (TPSA) is 45.9 Å². The van der Waals surface area contributed by atoms with Crippen molar-refractivity contribution in [2.24, 2.45) is 5.92 Å². The molecule has 96 valence electrons. The minimum atomic E-state index is 0.473. The van der Waals surface area contributed by atoms with Gasteiger partial charge in [-0.05, 0) is 24.5 Å². The molecule has 3 heteroatoms. The van der Waals surface area contributed by atoms with Crippen LogP contribution in [0.3, 0.4) is 0 Å². The molecule has 0 spiro atoms. The lowest BCUT2D eigenvalue weighted by Crippen LogP contribution is -2.15. The number of para-hydroxylation sites is 1. The highest BCUT2D eigenvalue weighted by Crippen LogP contribution is 2.29. The van der Waals surface area contributed by atoms with Gasteiger partial charge in [0.25, 0.3) is 0 Å². The Kier molecular flexibility index (Phi) is 3.33. The fraction of sp³-hybridized carbons (Fsp3) is 0.375. The largest absolute Gasteiger partial charge is 0.477 e. The number of pyridine rings is 1. The van der Waals surface area contributed by atoms with Crippen molar-refractivity contribution in [3.8, 4) is 11.9 Å². The molecule has 0 unspecified atom stereocenters. The first-order valence-electron chi connectivity index (χ1n) is 6.79. The summed E-state index contributed by atoms with van der Waals surface area (Å²) in [6.45, 7) is 0.657. The molecule has 1 aromatic heterocycles. The number of nitrogens with zero attached hydrogens (tertiary/aromatic N) is 2. The van der Waals surface area contributed by atoms with Gasteiger partial charge < -0.3 is 4.74 Å². The highest BCUT2D eigenvalue weighted by molar-refractivity contribution is 5.80. The summed E-state index contributed by atoms with van der Waals surface area (Å²) in [7, 11) is 0. The molecular formula is C16H16N2O. The van der Waals surface area contributed by atoms with Gasteiger partial charge in [0.15, 0.2) is 0 Å². The monoisotopic (exact) mass is 252 g/mol. The molecule has 0 aliphatic heterocycles. The summed E-state index contributed by atoms with van der Waals surface area (Å²) in [5.74, 6) is 1.28. The maximum absolute atomic E-state index is 9.17. The predicted octanol–water partition coefficient (Wildman–Crippen LogP) is 3.68. The molecule has 0 atom stereocenters. The Bertz CT molecular complexity index is 626. The van der Waals surface area contributed by atoms with Crippen LogP contribution in [0.4, 0.5) is 0 Å². The average Bonchev–Trinajstić information content (AvgIpc) is 2.40. The summed E-state index contributed by atoms with van der Waals surface area (Å²) in [5, 5.41) is 10.2. The van der Waals surface area contributed by atoms with Gasteiger partial charge in [0.05, 0.1) is 12.1 Å². The molecule has 0 saturated heterocycles. The van der Waals surface area contributed by atoms with Crippen LogP contribution in [-0.2, 0) is 0 Å². The fourth-order valence-corrected chi connectivity index (χ4v) is 2.39. The zero-order valence-corrected chi connectivity index (χ0v) is 10.8. The van der Waals surface area contributed by atoms with Gasteiger partial charge >= 0.3 is 0 Å². The van der Waals surface area contributed by atoms with Crippen molar-refractivity contribution < 1.29 is 4.74 Å². The van der Waals surface area contributed by atoms with Crippen molar-refractivity contribution in [1.29, 1.82) is 5.26 Å². The van der Waals surface area contributed by atoms with Crippen LogP contribution in [0.15, 0.2) is 30.3 Å². The predicted molar refractivity (Wildman–Crippen MR) is 73.9 cm³/mol. The van der Waals surface area contributed by atoms with E-state index in [1.807, 2.05) is 30.3 Å². The van der Waals surface area contributed by atoms with Crippen LogP contribution in [-0.4, -0.2) is 11.6 Å². The molecule has 3 rings (SSSR count). The summed E-state index contributed by atoms with van der Waals surface area (Å²) in [6, 6.07) is 11.8. The van der Waals surface area contributed by atoms with Crippen LogP contribution in [0.1, 0.15) is 31.2 Å². The minimum Gasteiger partial charge on any atom is -0.477 e. The first-order chi connectivity index (χ1) is 9.36. The Labute approximate surface area is 112 Å². The van der Waals surface area contributed by atoms with Crippen molar-refractivity contribution in [2.45, 2.75) is 25.7 Å². The van der Waals surface area contributed by atoms with Crippen LogP contribution in [0.25, 0.3) is 10.9 Å². The van der Waals surface area contributed by atoms with E-state index < -0.39 is 0 Å². The quantitative estimate of drug-likeness (QED) is 0.834. The second-order valence-electron chi connectivity index (χ2n) is 5.08. The third kappa shape index (κ3) is 2.53. The Hall–Kier alpha value is -2.08. The number of fused-ring (bicyclic) bond motifs is 1. The molecule has 1 aliphatic carbocycles. The summed E-state index contributed by atoms with van der Waals surface area (Å²) < 4.78 is 5.71. The van der Waals surface area contributed by atoms with E-state index in [9.17, 15) is 5.26 Å². The van der Waals surface area contributed by atoms with Gasteiger partial charge in [-0.25, -0.2) is 4.98 Å². The molecule has 0 amide bonds. The van der Waals surface area contributed by atoms with Crippen molar-refractivity contribution in [3.05, 3.63) is 35.9 Å². The van der Waals surface area contributed by atoms with E-state index in [2.05, 4.69) is 11.1 Å². The summed E-state index contributed by atoms with van der Waals surface area (Å²) >= 11 is 0. The van der Waals surface area contributed by atoms with Gasteiger partial charge in [-0.3, -0.25) is 0 Å². The standard InChI is InChI=1S/C16H16N2O/c17-11-14-10-13-6-1-2-7-15(13)18-16(14)19-9-8-12-4-3-5-12/h1-2,6-7,10,12H,3-5,8-9H2. The molecule has 2 aromatic rings. The van der Waals surface area contributed by atoms with Crippen molar-refractivity contribution >= 4 is 10.9 Å². The summed E-state index contributed by atoms with van der Waals surface area (Å²) in [6.07, 6.45) is 5.06. The highest BCUT2D eigenvalue weighted by Gasteiger charge is 2.17. The number of benzene rings is 1. The average molecular weight is 252 g/mol. The van der Waals surface area contributed by atoms with Gasteiger partial charge in [0.1, 0.15) is 11.6 Å². The lowest BCUT2D eigenvalue weighted by molar-refractivity contribution is 0.217. The Morgan fingerprint density at radius 3 is 2.89 bits per heavy atom. The van der Waals surface area contributed by atoms with Crippen molar-refractivity contribution in [2.75, 3.05) is 6.61 Å². The zero-order valence-electron chi connectivity index (χ0n) is 10.8. The minimum absolute atomic E-state index is 0.473. The zero-order chi connectivity index (χ0) is 13.1. The molecule has 1 fully saturated rings. The Balaban J connectivity index is 1.78. The van der Waals surface area contributed by atoms with Gasteiger partial charge in [-0.2, -0.15) is 5.26 Å². The summed E-state index contributed by atoms with van der Waals surface area (Å²) in [4.78, 5) is 4.44. The van der Waals surface area contributed by atoms with Crippen LogP contribution in [0, 0.1) is 17.2 Å². The normalized spacial score (nSPS) is 14.9. The maximum atomic E-state index is 9.17. The smallest absolute Gasteiger partial charge is 0.232 e. The second kappa shape index (κ2) is 5.27. The first kappa shape index (κ1) is 12.0. The van der Waals surface area contributed by atoms with Gasteiger partial charge in [-0.1, -0.05) is 37.5 Å². The number of hydrogen-bond acceptors (Lipinski definition) is 3. The molecule has 0 N–H and O–H groups in total. The van der Waals surface area contributed by atoms with E-state index in [-0.39, 0.29) is 0 Å². The van der Waals surface area contributed by atoms with Gasteiger partial charge in [0.2, 0.25) is 5.88 Å². The Morgan fingerprint density at radius 1 is 1.32 bits per heavy atom. The first-order valence-corrected chi connectivity index (χ1v) is 6.79. The molecule has 0 bridgehead atoms. The number of ether oxygens (including phenoxy) is 1. The number of nitriles is 1. The van der Waals surface area contributed by atoms with Crippen molar-refractivity contribution in [1.82, 2.24) is 4.98 Å². The lowest BCUT2D eigenvalue weighted by atomic mass is 9.83. The molecule has 1 aromatic carbocycles. The maximum Gasteiger partial charge on any atom is 0.232 e. The highest BCUT2D eigenvalue weighted by atomic mass is 16.5. The van der Waals surface area contributed by atoms with Crippen LogP contribution in [0.5, 0.6) is 5.88 Å². The summed E-state index contributed by atoms with van der Waals surface area (Å²) in [5.41, 5.74) is 1.40. The molecule has 1 saturated carbocycles. The van der Waals surface area contributed by atoms with E-state index in [4.69, 9.17) is 4.74 Å². The molecule has 1 heterocycles. The van der Waals surface area contributed by atoms with E-state index in [0.29, 0.717) is 18.1 Å². The van der Waals surface area contributed by atoms with Crippen LogP contribution < -0.4 is 4.74 Å². The third-order valence-corrected chi connectivity index (χ3v) is 3.80. The van der Waals surface area contributed by atoms with E-state index >= 15 is 0 Å². The van der Waals surface area contributed by atoms with Crippen LogP contribution in [0.2, 0.25) is 0 Å². The molecule has 19 heavy (non-hydrogen) atoms. The Morgan fingerprint density at radius 2 is 2.16 bits per heavy atom. The molecular weight excluding hydrogens is 236 g/mol. The fourth-order valence-electron chi connectivity index (χ4n) is 2.39. The van der Waals surface area contributed by atoms with E-state index in [0.717, 1.165) is 23.2 Å². The second-order valence-corrected chi connectivity index (χ2v) is 5.08. The van der Waals surface area contributed by atoms with E-state index in [1.54, 1.807) is 0 Å². The molecule has 3 nitrogen and oxygen atoms in total. The van der Waals surface area contributed by atoms with Crippen molar-refractivity contribution in [3.63, 3.8) is 0 Å². The molecule has 1 aliphatic rings. The SMILES string of the molecule is N#Cc1cc2ccccc2nc1OCCC1CCC1. The van der Waals surface area contributed by atoms with Gasteiger partial charge in [-0.15, -0.1) is 0 Å². The van der Waals surface area contributed by atoms with E-state index in [1.165, 1.54) is 19.3 Å². The third-order valence-electron chi connectivity index (χ3n) is 3.80. The van der Waals surface area contributed by atoms with Gasteiger partial charge in [0, 0.05) is 5.39 Å². The number of hydrogen-bond donors (Lipinski definition) is 0. The number of aromatic nitrogens is 1.